The summed E-state index contributed by atoms with van der Waals surface area (Å²) in [5.74, 6) is 0.779. The molecule has 1 aromatic rings. The van der Waals surface area contributed by atoms with Crippen LogP contribution in [0.1, 0.15) is 57.2 Å². The molecule has 3 rings (SSSR count). The highest BCUT2D eigenvalue weighted by Crippen LogP contribution is 2.50. The quantitative estimate of drug-likeness (QED) is 0.860. The van der Waals surface area contributed by atoms with E-state index < -0.39 is 0 Å². The van der Waals surface area contributed by atoms with Crippen molar-refractivity contribution in [3.8, 4) is 11.9 Å². The maximum absolute atomic E-state index is 8.95. The molecule has 0 amide bonds. The molecule has 0 unspecified atom stereocenters. The number of nitrogens with two attached hydrogens (primary N) is 1. The molecule has 4 nitrogen and oxygen atoms in total. The normalized spacial score (nSPS) is 31.0. The first-order chi connectivity index (χ1) is 9.80. The zero-order valence-electron chi connectivity index (χ0n) is 13.0. The van der Waals surface area contributed by atoms with Crippen molar-refractivity contribution in [1.82, 2.24) is 4.98 Å². The van der Waals surface area contributed by atoms with Gasteiger partial charge in [-0.1, -0.05) is 20.8 Å². The molecule has 1 aromatic heterocycles. The van der Waals surface area contributed by atoms with Gasteiger partial charge in [-0.2, -0.15) is 5.26 Å². The fourth-order valence-corrected chi connectivity index (χ4v) is 3.51. The van der Waals surface area contributed by atoms with E-state index in [9.17, 15) is 0 Å². The zero-order chi connectivity index (χ0) is 15.3. The number of rotatable bonds is 1. The minimum absolute atomic E-state index is 0.0409. The molecule has 0 saturated heterocycles. The van der Waals surface area contributed by atoms with Crippen LogP contribution in [-0.2, 0) is 6.42 Å². The van der Waals surface area contributed by atoms with Crippen molar-refractivity contribution in [2.24, 2.45) is 17.1 Å². The number of fused-ring (bicyclic) bond motifs is 1. The van der Waals surface area contributed by atoms with Crippen molar-refractivity contribution < 1.29 is 4.74 Å². The summed E-state index contributed by atoms with van der Waals surface area (Å²) >= 11 is 0. The van der Waals surface area contributed by atoms with E-state index in [2.05, 4.69) is 37.9 Å². The third-order valence-electron chi connectivity index (χ3n) is 4.39. The summed E-state index contributed by atoms with van der Waals surface area (Å²) in [6, 6.07) is 4.41. The Bertz CT molecular complexity index is 591. The number of nitrogens with zero attached hydrogens (tertiary/aromatic N) is 2. The molecule has 0 radical (unpaired) electrons. The van der Waals surface area contributed by atoms with Gasteiger partial charge < -0.3 is 10.5 Å². The SMILES string of the molecule is CC(C)(C)Cc1cnc2c(c1)[C@@H](N)C[C@]1(C[C@H](C#N)C1)O2. The van der Waals surface area contributed by atoms with E-state index in [1.807, 2.05) is 6.20 Å². The van der Waals surface area contributed by atoms with Crippen molar-refractivity contribution in [2.75, 3.05) is 0 Å². The van der Waals surface area contributed by atoms with E-state index in [1.165, 1.54) is 5.56 Å². The molecule has 1 spiro atoms. The van der Waals surface area contributed by atoms with Crippen LogP contribution in [0, 0.1) is 22.7 Å². The van der Waals surface area contributed by atoms with Crippen molar-refractivity contribution >= 4 is 0 Å². The van der Waals surface area contributed by atoms with Crippen molar-refractivity contribution in [2.45, 2.75) is 58.1 Å². The Morgan fingerprint density at radius 1 is 1.43 bits per heavy atom. The molecule has 1 aliphatic carbocycles. The average Bonchev–Trinajstić information content (AvgIpc) is 2.34. The Morgan fingerprint density at radius 3 is 2.76 bits per heavy atom. The number of ether oxygens (including phenoxy) is 1. The van der Waals surface area contributed by atoms with Crippen LogP contribution in [0.25, 0.3) is 0 Å². The Morgan fingerprint density at radius 2 is 2.14 bits per heavy atom. The molecule has 1 aliphatic heterocycles. The second kappa shape index (κ2) is 4.71. The summed E-state index contributed by atoms with van der Waals surface area (Å²) in [6.45, 7) is 6.65. The lowest BCUT2D eigenvalue weighted by Crippen LogP contribution is -2.52. The molecule has 2 N–H and O–H groups in total. The summed E-state index contributed by atoms with van der Waals surface area (Å²) in [6.07, 6.45) is 5.22. The van der Waals surface area contributed by atoms with Gasteiger partial charge in [0.2, 0.25) is 5.88 Å². The van der Waals surface area contributed by atoms with E-state index >= 15 is 0 Å². The highest BCUT2D eigenvalue weighted by atomic mass is 16.5. The first-order valence-corrected chi connectivity index (χ1v) is 7.63. The Labute approximate surface area is 126 Å². The van der Waals surface area contributed by atoms with Gasteiger partial charge in [0.1, 0.15) is 5.60 Å². The molecule has 4 heteroatoms. The van der Waals surface area contributed by atoms with Gasteiger partial charge in [-0.3, -0.25) is 0 Å². The molecule has 112 valence electrons. The minimum atomic E-state index is -0.245. The topological polar surface area (TPSA) is 71.9 Å². The molecule has 2 aliphatic rings. The molecule has 2 heterocycles. The maximum Gasteiger partial charge on any atom is 0.218 e. The second-order valence-electron chi connectivity index (χ2n) is 7.81. The summed E-state index contributed by atoms with van der Waals surface area (Å²) in [5, 5.41) is 8.95. The summed E-state index contributed by atoms with van der Waals surface area (Å²) in [5.41, 5.74) is 8.55. The number of hydrogen-bond donors (Lipinski definition) is 1. The molecular formula is C17H23N3O. The number of hydrogen-bond acceptors (Lipinski definition) is 4. The first kappa shape index (κ1) is 14.3. The van der Waals surface area contributed by atoms with E-state index in [0.717, 1.165) is 31.2 Å². The highest BCUT2D eigenvalue weighted by molar-refractivity contribution is 5.37. The lowest BCUT2D eigenvalue weighted by Gasteiger charge is -2.48. The average molecular weight is 285 g/mol. The third kappa shape index (κ3) is 2.75. The largest absolute Gasteiger partial charge is 0.471 e. The van der Waals surface area contributed by atoms with Gasteiger partial charge in [-0.15, -0.1) is 0 Å². The second-order valence-corrected chi connectivity index (χ2v) is 7.81. The summed E-state index contributed by atoms with van der Waals surface area (Å²) < 4.78 is 6.10. The number of aromatic nitrogens is 1. The first-order valence-electron chi connectivity index (χ1n) is 7.63. The standard InChI is InChI=1S/C17H23N3O/c1-16(2,3)5-11-4-13-14(19)8-17(6-12(7-17)9-18)21-15(13)20-10-11/h4,10,12,14H,5-8,19H2,1-3H3/t12-,14-,17+/m0/s1. The molecule has 1 saturated carbocycles. The molecule has 0 aromatic carbocycles. The van der Waals surface area contributed by atoms with E-state index in [4.69, 9.17) is 15.7 Å². The van der Waals surface area contributed by atoms with Crippen molar-refractivity contribution in [3.05, 3.63) is 23.4 Å². The molecule has 21 heavy (non-hydrogen) atoms. The van der Waals surface area contributed by atoms with Gasteiger partial charge in [-0.05, 0) is 23.5 Å². The van der Waals surface area contributed by atoms with Crippen LogP contribution < -0.4 is 10.5 Å². The lowest BCUT2D eigenvalue weighted by molar-refractivity contribution is -0.0589. The van der Waals surface area contributed by atoms with Gasteiger partial charge in [0.15, 0.2) is 0 Å². The van der Waals surface area contributed by atoms with E-state index in [-0.39, 0.29) is 23.0 Å². The van der Waals surface area contributed by atoms with E-state index in [0.29, 0.717) is 5.88 Å². The Kier molecular flexibility index (Phi) is 3.22. The predicted molar refractivity (Wildman–Crippen MR) is 80.6 cm³/mol. The van der Waals surface area contributed by atoms with Crippen molar-refractivity contribution in [1.29, 1.82) is 5.26 Å². The Balaban J connectivity index is 1.82. The molecule has 1 fully saturated rings. The van der Waals surface area contributed by atoms with Crippen LogP contribution >= 0.6 is 0 Å². The Hall–Kier alpha value is -1.60. The third-order valence-corrected chi connectivity index (χ3v) is 4.39. The van der Waals surface area contributed by atoms with Gasteiger partial charge in [0.05, 0.1) is 12.0 Å². The maximum atomic E-state index is 8.95. The summed E-state index contributed by atoms with van der Waals surface area (Å²) in [4.78, 5) is 4.50. The van der Waals surface area contributed by atoms with Crippen LogP contribution in [0.5, 0.6) is 5.88 Å². The fraction of sp³-hybridized carbons (Fsp3) is 0.647. The minimum Gasteiger partial charge on any atom is -0.471 e. The molecule has 1 atom stereocenters. The predicted octanol–water partition coefficient (Wildman–Crippen LogP) is 3.12. The van der Waals surface area contributed by atoms with Gasteiger partial charge in [0, 0.05) is 37.1 Å². The summed E-state index contributed by atoms with van der Waals surface area (Å²) in [7, 11) is 0. The van der Waals surface area contributed by atoms with E-state index in [1.54, 1.807) is 0 Å². The molecule has 0 bridgehead atoms. The van der Waals surface area contributed by atoms with Crippen LogP contribution in [-0.4, -0.2) is 10.6 Å². The highest BCUT2D eigenvalue weighted by Gasteiger charge is 2.50. The van der Waals surface area contributed by atoms with Crippen LogP contribution in [0.4, 0.5) is 0 Å². The molecular weight excluding hydrogens is 262 g/mol. The van der Waals surface area contributed by atoms with Gasteiger partial charge in [-0.25, -0.2) is 4.98 Å². The van der Waals surface area contributed by atoms with Crippen LogP contribution in [0.15, 0.2) is 12.3 Å². The fourth-order valence-electron chi connectivity index (χ4n) is 3.51. The van der Waals surface area contributed by atoms with Gasteiger partial charge in [0.25, 0.3) is 0 Å². The number of nitriles is 1. The zero-order valence-corrected chi connectivity index (χ0v) is 13.0. The smallest absolute Gasteiger partial charge is 0.218 e. The van der Waals surface area contributed by atoms with Crippen molar-refractivity contribution in [3.63, 3.8) is 0 Å². The lowest BCUT2D eigenvalue weighted by atomic mass is 9.67. The van der Waals surface area contributed by atoms with Crippen LogP contribution in [0.3, 0.4) is 0 Å². The van der Waals surface area contributed by atoms with Crippen LogP contribution in [0.2, 0.25) is 0 Å². The van der Waals surface area contributed by atoms with Gasteiger partial charge >= 0.3 is 0 Å². The monoisotopic (exact) mass is 285 g/mol. The number of pyridine rings is 1.